The van der Waals surface area contributed by atoms with Crippen molar-refractivity contribution in [3.63, 3.8) is 0 Å². The largest absolute Gasteiger partial charge is 0.431 e. The van der Waals surface area contributed by atoms with Crippen LogP contribution in [0.1, 0.15) is 75.7 Å². The molecule has 1 aromatic carbocycles. The van der Waals surface area contributed by atoms with Crippen molar-refractivity contribution >= 4 is 23.3 Å². The van der Waals surface area contributed by atoms with Crippen LogP contribution >= 0.6 is 0 Å². The molecule has 1 aliphatic heterocycles. The van der Waals surface area contributed by atoms with Crippen LogP contribution in [-0.4, -0.2) is 28.5 Å². The molecule has 3 N–H and O–H groups in total. The van der Waals surface area contributed by atoms with E-state index in [1.165, 1.54) is 12.3 Å². The Labute approximate surface area is 191 Å². The van der Waals surface area contributed by atoms with Crippen molar-refractivity contribution in [2.45, 2.75) is 70.7 Å². The number of amides is 1. The number of cyclic esters (lactones) is 1. The van der Waals surface area contributed by atoms with Gasteiger partial charge in [-0.3, -0.25) is 10.7 Å². The number of fused-ring (bicyclic) bond motifs is 1. The number of halogens is 3. The summed E-state index contributed by atoms with van der Waals surface area (Å²) >= 11 is 0. The van der Waals surface area contributed by atoms with Crippen LogP contribution in [0.15, 0.2) is 36.5 Å². The van der Waals surface area contributed by atoms with Crippen LogP contribution in [0.3, 0.4) is 0 Å². The van der Waals surface area contributed by atoms with Crippen LogP contribution in [0.5, 0.6) is 0 Å². The molecule has 3 rings (SSSR count). The van der Waals surface area contributed by atoms with Crippen molar-refractivity contribution in [2.24, 2.45) is 0 Å². The maximum absolute atomic E-state index is 13.7. The van der Waals surface area contributed by atoms with Gasteiger partial charge in [0.1, 0.15) is 5.82 Å². The van der Waals surface area contributed by atoms with E-state index in [4.69, 9.17) is 5.41 Å². The second kappa shape index (κ2) is 9.80. The number of nitrogens with one attached hydrogen (secondary N) is 3. The number of ether oxygens (including phenoxy) is 1. The summed E-state index contributed by atoms with van der Waals surface area (Å²) < 4.78 is 45.7. The molecule has 2 heterocycles. The molecule has 2 unspecified atom stereocenters. The molecular weight excluding hydrogens is 433 g/mol. The minimum absolute atomic E-state index is 0.00216. The number of aromatic nitrogens is 1. The summed E-state index contributed by atoms with van der Waals surface area (Å²) in [5.41, 5.74) is 0.436. The van der Waals surface area contributed by atoms with Gasteiger partial charge < -0.3 is 10.1 Å². The van der Waals surface area contributed by atoms with Gasteiger partial charge in [-0.1, -0.05) is 51.3 Å². The number of hydrogen-bond acceptors (Lipinski definition) is 5. The lowest BCUT2D eigenvalue weighted by molar-refractivity contribution is -0.206. The highest BCUT2D eigenvalue weighted by molar-refractivity contribution is 6.15. The average Bonchev–Trinajstić information content (AvgIpc) is 2.76. The van der Waals surface area contributed by atoms with Gasteiger partial charge in [0.05, 0.1) is 11.3 Å². The summed E-state index contributed by atoms with van der Waals surface area (Å²) in [6.45, 7) is 6.36. The maximum atomic E-state index is 13.7. The van der Waals surface area contributed by atoms with E-state index in [9.17, 15) is 18.0 Å². The van der Waals surface area contributed by atoms with Crippen molar-refractivity contribution in [1.82, 2.24) is 4.98 Å². The quantitative estimate of drug-likeness (QED) is 0.357. The van der Waals surface area contributed by atoms with Gasteiger partial charge in [0, 0.05) is 28.6 Å². The van der Waals surface area contributed by atoms with Crippen LogP contribution in [0.25, 0.3) is 0 Å². The van der Waals surface area contributed by atoms with Gasteiger partial charge in [-0.05, 0) is 31.9 Å². The molecule has 0 spiro atoms. The van der Waals surface area contributed by atoms with E-state index in [0.29, 0.717) is 11.3 Å². The Hall–Kier alpha value is -3.10. The number of rotatable bonds is 9. The Morgan fingerprint density at radius 1 is 1.15 bits per heavy atom. The number of anilines is 2. The van der Waals surface area contributed by atoms with Crippen molar-refractivity contribution in [3.05, 3.63) is 53.2 Å². The molecule has 0 bridgehead atoms. The number of pyridine rings is 1. The Morgan fingerprint density at radius 2 is 1.88 bits per heavy atom. The van der Waals surface area contributed by atoms with Crippen molar-refractivity contribution in [2.75, 3.05) is 10.6 Å². The molecule has 0 saturated heterocycles. The molecule has 2 aromatic rings. The molecule has 1 aromatic heterocycles. The predicted octanol–water partition coefficient (Wildman–Crippen LogP) is 6.82. The molecule has 0 aliphatic carbocycles. The summed E-state index contributed by atoms with van der Waals surface area (Å²) in [4.78, 5) is 15.5. The van der Waals surface area contributed by atoms with E-state index in [0.717, 1.165) is 32.1 Å². The highest BCUT2D eigenvalue weighted by atomic mass is 19.4. The first kappa shape index (κ1) is 24.5. The monoisotopic (exact) mass is 462 g/mol. The highest BCUT2D eigenvalue weighted by Crippen LogP contribution is 2.43. The third-order valence-corrected chi connectivity index (χ3v) is 5.78. The summed E-state index contributed by atoms with van der Waals surface area (Å²) in [6.07, 6.45) is -2.40. The minimum Gasteiger partial charge on any atom is -0.431 e. The fourth-order valence-electron chi connectivity index (χ4n) is 4.23. The van der Waals surface area contributed by atoms with Gasteiger partial charge in [-0.25, -0.2) is 9.78 Å². The molecule has 178 valence electrons. The number of carbonyl (C=O) groups is 1. The highest BCUT2D eigenvalue weighted by Gasteiger charge is 2.49. The molecule has 0 saturated carbocycles. The van der Waals surface area contributed by atoms with Crippen LogP contribution in [0.2, 0.25) is 0 Å². The van der Waals surface area contributed by atoms with E-state index in [1.54, 1.807) is 12.1 Å². The van der Waals surface area contributed by atoms with Gasteiger partial charge in [0.2, 0.25) is 6.10 Å². The fraction of sp³-hybridized carbons (Fsp3) is 0.458. The zero-order chi connectivity index (χ0) is 24.2. The topological polar surface area (TPSA) is 87.1 Å². The van der Waals surface area contributed by atoms with Gasteiger partial charge >= 0.3 is 12.3 Å². The number of benzene rings is 1. The Bertz CT molecular complexity index is 1030. The first-order valence-electron chi connectivity index (χ1n) is 11.1. The van der Waals surface area contributed by atoms with Gasteiger partial charge in [0.15, 0.2) is 0 Å². The summed E-state index contributed by atoms with van der Waals surface area (Å²) in [5.74, 6) is -0.250. The summed E-state index contributed by atoms with van der Waals surface area (Å²) in [5, 5.41) is 14.6. The zero-order valence-corrected chi connectivity index (χ0v) is 19.0. The van der Waals surface area contributed by atoms with E-state index in [-0.39, 0.29) is 28.2 Å². The van der Waals surface area contributed by atoms with Crippen LogP contribution < -0.4 is 10.6 Å². The normalized spacial score (nSPS) is 17.4. The predicted molar refractivity (Wildman–Crippen MR) is 122 cm³/mol. The maximum Gasteiger partial charge on any atom is 0.430 e. The number of carbonyl (C=O) groups excluding carboxylic acids is 1. The van der Waals surface area contributed by atoms with E-state index in [1.807, 2.05) is 12.1 Å². The van der Waals surface area contributed by atoms with Crippen LogP contribution in [0.4, 0.5) is 29.5 Å². The van der Waals surface area contributed by atoms with Gasteiger partial charge in [0.25, 0.3) is 0 Å². The Kier molecular flexibility index (Phi) is 7.29. The van der Waals surface area contributed by atoms with Gasteiger partial charge in [-0.15, -0.1) is 0 Å². The van der Waals surface area contributed by atoms with Crippen LogP contribution in [0, 0.1) is 5.41 Å². The first-order valence-corrected chi connectivity index (χ1v) is 11.1. The molecule has 0 radical (unpaired) electrons. The van der Waals surface area contributed by atoms with Crippen LogP contribution in [-0.2, 0) is 4.74 Å². The molecule has 0 fully saturated rings. The smallest absolute Gasteiger partial charge is 0.430 e. The Morgan fingerprint density at radius 3 is 2.55 bits per heavy atom. The van der Waals surface area contributed by atoms with Crippen molar-refractivity contribution < 1.29 is 22.7 Å². The van der Waals surface area contributed by atoms with Gasteiger partial charge in [-0.2, -0.15) is 13.2 Å². The summed E-state index contributed by atoms with van der Waals surface area (Å²) in [7, 11) is 0. The molecule has 9 heteroatoms. The third kappa shape index (κ3) is 5.46. The lowest BCUT2D eigenvalue weighted by Crippen LogP contribution is -2.36. The lowest BCUT2D eigenvalue weighted by atomic mass is 9.88. The molecular formula is C24H29F3N4O2. The zero-order valence-electron chi connectivity index (χ0n) is 19.0. The number of nitrogens with zero attached hydrogens (tertiary/aromatic N) is 1. The van der Waals surface area contributed by atoms with E-state index < -0.39 is 18.4 Å². The minimum atomic E-state index is -4.85. The SMILES string of the molecule is CCCCC(C)(CCC)Nc1ccccc1C(=N)c1ccnc2c1C(C(F)(F)F)OC(=O)N2. The number of unbranched alkanes of at least 4 members (excludes halogenated alkanes) is 1. The van der Waals surface area contributed by atoms with E-state index in [2.05, 4.69) is 41.1 Å². The Balaban J connectivity index is 2.05. The van der Waals surface area contributed by atoms with E-state index >= 15 is 0 Å². The second-order valence-electron chi connectivity index (χ2n) is 8.53. The number of para-hydroxylation sites is 1. The molecule has 33 heavy (non-hydrogen) atoms. The van der Waals surface area contributed by atoms with Crippen molar-refractivity contribution in [1.29, 1.82) is 5.41 Å². The summed E-state index contributed by atoms with van der Waals surface area (Å²) in [6, 6.07) is 8.45. The third-order valence-electron chi connectivity index (χ3n) is 5.78. The number of alkyl halides is 3. The fourth-order valence-corrected chi connectivity index (χ4v) is 4.23. The second-order valence-corrected chi connectivity index (χ2v) is 8.53. The lowest BCUT2D eigenvalue weighted by Gasteiger charge is -2.33. The number of hydrogen-bond donors (Lipinski definition) is 3. The molecule has 1 amide bonds. The average molecular weight is 463 g/mol. The standard InChI is InChI=1S/C24H29F3N4O2/c1-4-6-13-23(3,12-5-2)31-17-10-8-7-9-15(17)19(28)16-11-14-29-21-18(16)20(24(25,26)27)33-22(32)30-21/h7-11,14,20,28,31H,4-6,12-13H2,1-3H3,(H,29,30,32). The molecule has 6 nitrogen and oxygen atoms in total. The molecule has 2 atom stereocenters. The first-order chi connectivity index (χ1) is 15.6. The van der Waals surface area contributed by atoms with Crippen molar-refractivity contribution in [3.8, 4) is 0 Å². The molecule has 1 aliphatic rings.